The molecule has 0 aliphatic rings. The lowest BCUT2D eigenvalue weighted by molar-refractivity contribution is 0.553. The van der Waals surface area contributed by atoms with Crippen LogP contribution in [0.5, 0.6) is 0 Å². The van der Waals surface area contributed by atoms with Gasteiger partial charge in [0.15, 0.2) is 0 Å². The van der Waals surface area contributed by atoms with Crippen LogP contribution in [0.3, 0.4) is 0 Å². The van der Waals surface area contributed by atoms with E-state index in [4.69, 9.17) is 9.98 Å². The van der Waals surface area contributed by atoms with Crippen molar-refractivity contribution in [1.82, 2.24) is 0 Å². The molecule has 2 nitrogen and oxygen atoms in total. The summed E-state index contributed by atoms with van der Waals surface area (Å²) in [7, 11) is 0. The SMILES string of the molecule is CCCCCCCCCCCCc1c(C=Nc2ccc(C)cc2)sc(C=Nc2ccc(C)cc2)c1CCCCCCCCCCCC. The Hall–Kier alpha value is -2.52. The van der Waals surface area contributed by atoms with Gasteiger partial charge in [-0.05, 0) is 74.9 Å². The van der Waals surface area contributed by atoms with Crippen LogP contribution in [0.1, 0.15) is 174 Å². The average molecular weight is 655 g/mol. The first-order valence-corrected chi connectivity index (χ1v) is 20.3. The summed E-state index contributed by atoms with van der Waals surface area (Å²) < 4.78 is 0. The third kappa shape index (κ3) is 16.4. The minimum absolute atomic E-state index is 1.03. The monoisotopic (exact) mass is 654 g/mol. The Morgan fingerprint density at radius 1 is 0.426 bits per heavy atom. The first-order valence-electron chi connectivity index (χ1n) is 19.5. The number of thiophene rings is 1. The number of aliphatic imine (C=N–C) groups is 2. The lowest BCUT2D eigenvalue weighted by Gasteiger charge is -2.09. The molecule has 258 valence electrons. The molecule has 0 amide bonds. The molecule has 0 saturated carbocycles. The quantitative estimate of drug-likeness (QED) is 0.0608. The summed E-state index contributed by atoms with van der Waals surface area (Å²) in [5.74, 6) is 0. The maximum absolute atomic E-state index is 4.96. The maximum Gasteiger partial charge on any atom is 0.0630 e. The standard InChI is InChI=1S/C44H66N2S/c1-5-7-9-11-13-15-17-19-21-23-25-41-42(26-24-22-20-18-16-14-12-10-8-6-2)44(36-46-40-33-29-38(4)30-34-40)47-43(41)35-45-39-31-27-37(3)28-32-39/h27-36H,5-26H2,1-4H3. The normalized spacial score (nSPS) is 11.8. The van der Waals surface area contributed by atoms with Gasteiger partial charge < -0.3 is 0 Å². The second-order valence-electron chi connectivity index (χ2n) is 13.8. The molecular weight excluding hydrogens is 589 g/mol. The molecule has 0 atom stereocenters. The first-order chi connectivity index (χ1) is 23.1. The zero-order valence-electron chi connectivity index (χ0n) is 30.6. The molecule has 1 heterocycles. The van der Waals surface area contributed by atoms with Gasteiger partial charge in [0, 0.05) is 22.2 Å². The number of benzene rings is 2. The predicted molar refractivity (Wildman–Crippen MR) is 212 cm³/mol. The maximum atomic E-state index is 4.96. The van der Waals surface area contributed by atoms with Gasteiger partial charge in [-0.1, -0.05) is 165 Å². The summed E-state index contributed by atoms with van der Waals surface area (Å²) in [5, 5.41) is 0. The van der Waals surface area contributed by atoms with Gasteiger partial charge in [-0.2, -0.15) is 0 Å². The molecule has 0 spiro atoms. The fraction of sp³-hybridized carbons (Fsp3) is 0.591. The van der Waals surface area contributed by atoms with Crippen LogP contribution in [-0.4, -0.2) is 12.4 Å². The van der Waals surface area contributed by atoms with Crippen LogP contribution in [-0.2, 0) is 12.8 Å². The molecular formula is C44H66N2S. The van der Waals surface area contributed by atoms with Gasteiger partial charge in [0.1, 0.15) is 0 Å². The third-order valence-electron chi connectivity index (χ3n) is 9.47. The van der Waals surface area contributed by atoms with Crippen molar-refractivity contribution < 1.29 is 0 Å². The fourth-order valence-electron chi connectivity index (χ4n) is 6.40. The summed E-state index contributed by atoms with van der Waals surface area (Å²) in [6.45, 7) is 8.87. The van der Waals surface area contributed by atoms with Gasteiger partial charge in [-0.25, -0.2) is 0 Å². The molecule has 0 radical (unpaired) electrons. The summed E-state index contributed by atoms with van der Waals surface area (Å²) in [5.41, 5.74) is 7.67. The third-order valence-corrected chi connectivity index (χ3v) is 10.6. The van der Waals surface area contributed by atoms with Gasteiger partial charge in [0.05, 0.1) is 11.4 Å². The van der Waals surface area contributed by atoms with E-state index >= 15 is 0 Å². The van der Waals surface area contributed by atoms with Crippen molar-refractivity contribution in [2.75, 3.05) is 0 Å². The lowest BCUT2D eigenvalue weighted by Crippen LogP contribution is -1.98. The molecule has 0 N–H and O–H groups in total. The summed E-state index contributed by atoms with van der Waals surface area (Å²) in [4.78, 5) is 12.6. The van der Waals surface area contributed by atoms with Gasteiger partial charge in [-0.3, -0.25) is 9.98 Å². The Labute approximate surface area is 293 Å². The van der Waals surface area contributed by atoms with E-state index in [0.717, 1.165) is 24.2 Å². The van der Waals surface area contributed by atoms with Crippen LogP contribution in [0, 0.1) is 13.8 Å². The number of aryl methyl sites for hydroxylation is 2. The number of hydrogen-bond donors (Lipinski definition) is 0. The highest BCUT2D eigenvalue weighted by Gasteiger charge is 2.16. The van der Waals surface area contributed by atoms with Gasteiger partial charge >= 0.3 is 0 Å². The predicted octanol–water partition coefficient (Wildman–Crippen LogP) is 14.8. The smallest absolute Gasteiger partial charge is 0.0630 e. The molecule has 0 bridgehead atoms. The number of hydrogen-bond acceptors (Lipinski definition) is 3. The molecule has 2 aromatic carbocycles. The van der Waals surface area contributed by atoms with Crippen LogP contribution in [0.15, 0.2) is 58.5 Å². The van der Waals surface area contributed by atoms with Crippen molar-refractivity contribution >= 4 is 35.1 Å². The Balaban J connectivity index is 1.70. The summed E-state index contributed by atoms with van der Waals surface area (Å²) in [6, 6.07) is 17.1. The van der Waals surface area contributed by atoms with E-state index in [9.17, 15) is 0 Å². The van der Waals surface area contributed by atoms with Gasteiger partial charge in [-0.15, -0.1) is 11.3 Å². The fourth-order valence-corrected chi connectivity index (χ4v) is 7.55. The molecule has 3 heteroatoms. The van der Waals surface area contributed by atoms with Crippen molar-refractivity contribution in [1.29, 1.82) is 0 Å². The van der Waals surface area contributed by atoms with E-state index in [1.54, 1.807) is 0 Å². The van der Waals surface area contributed by atoms with Crippen LogP contribution < -0.4 is 0 Å². The molecule has 0 saturated heterocycles. The van der Waals surface area contributed by atoms with E-state index < -0.39 is 0 Å². The van der Waals surface area contributed by atoms with Crippen molar-refractivity contribution in [3.8, 4) is 0 Å². The summed E-state index contributed by atoms with van der Waals surface area (Å²) in [6.07, 6.45) is 34.0. The molecule has 47 heavy (non-hydrogen) atoms. The first kappa shape index (κ1) is 38.9. The van der Waals surface area contributed by atoms with Crippen molar-refractivity contribution in [3.63, 3.8) is 0 Å². The molecule has 3 aromatic rings. The van der Waals surface area contributed by atoms with E-state index in [2.05, 4.69) is 88.7 Å². The largest absolute Gasteiger partial charge is 0.255 e. The highest BCUT2D eigenvalue weighted by Crippen LogP contribution is 2.31. The van der Waals surface area contributed by atoms with Crippen LogP contribution >= 0.6 is 11.3 Å². The van der Waals surface area contributed by atoms with Gasteiger partial charge in [0.25, 0.3) is 0 Å². The second kappa shape index (κ2) is 24.6. The van der Waals surface area contributed by atoms with E-state index in [-0.39, 0.29) is 0 Å². The van der Waals surface area contributed by atoms with Crippen molar-refractivity contribution in [2.24, 2.45) is 9.98 Å². The second-order valence-corrected chi connectivity index (χ2v) is 14.9. The topological polar surface area (TPSA) is 24.7 Å². The van der Waals surface area contributed by atoms with Crippen LogP contribution in [0.4, 0.5) is 11.4 Å². The minimum Gasteiger partial charge on any atom is -0.255 e. The average Bonchev–Trinajstić information content (AvgIpc) is 3.41. The summed E-state index contributed by atoms with van der Waals surface area (Å²) >= 11 is 1.89. The highest BCUT2D eigenvalue weighted by molar-refractivity contribution is 7.15. The van der Waals surface area contributed by atoms with E-state index in [1.165, 1.54) is 160 Å². The van der Waals surface area contributed by atoms with E-state index in [1.807, 2.05) is 11.3 Å². The molecule has 0 aliphatic heterocycles. The molecule has 0 unspecified atom stereocenters. The number of unbranched alkanes of at least 4 members (excludes halogenated alkanes) is 18. The number of nitrogens with zero attached hydrogens (tertiary/aromatic N) is 2. The molecule has 0 aliphatic carbocycles. The van der Waals surface area contributed by atoms with Gasteiger partial charge in [0.2, 0.25) is 0 Å². The molecule has 3 rings (SSSR count). The molecule has 0 fully saturated rings. The highest BCUT2D eigenvalue weighted by atomic mass is 32.1. The Morgan fingerprint density at radius 2 is 0.723 bits per heavy atom. The Bertz CT molecular complexity index is 1170. The van der Waals surface area contributed by atoms with Crippen molar-refractivity contribution in [2.45, 2.75) is 169 Å². The Kier molecular flexibility index (Phi) is 20.4. The van der Waals surface area contributed by atoms with E-state index in [0.29, 0.717) is 0 Å². The lowest BCUT2D eigenvalue weighted by atomic mass is 9.96. The van der Waals surface area contributed by atoms with Crippen molar-refractivity contribution in [3.05, 3.63) is 80.5 Å². The number of rotatable bonds is 26. The van der Waals surface area contributed by atoms with Crippen LogP contribution in [0.25, 0.3) is 0 Å². The van der Waals surface area contributed by atoms with Crippen LogP contribution in [0.2, 0.25) is 0 Å². The Morgan fingerprint density at radius 3 is 1.04 bits per heavy atom. The zero-order chi connectivity index (χ0) is 33.4. The molecule has 1 aromatic heterocycles. The zero-order valence-corrected chi connectivity index (χ0v) is 31.4. The minimum atomic E-state index is 1.03.